The first-order chi connectivity index (χ1) is 13.5. The molecule has 2 fully saturated rings. The third kappa shape index (κ3) is 2.75. The minimum atomic E-state index is -3.99. The van der Waals surface area contributed by atoms with Gasteiger partial charge in [-0.25, -0.2) is 17.5 Å². The second-order valence-corrected chi connectivity index (χ2v) is 10.9. The molecule has 2 saturated carbocycles. The maximum absolute atomic E-state index is 12.8. The van der Waals surface area contributed by atoms with E-state index in [9.17, 15) is 18.0 Å². The largest absolute Gasteiger partial charge is 0.458 e. The summed E-state index contributed by atoms with van der Waals surface area (Å²) in [5.74, 6) is -0.614. The van der Waals surface area contributed by atoms with Crippen LogP contribution in [0.4, 0.5) is 0 Å². The number of amides is 1. The highest BCUT2D eigenvalue weighted by Crippen LogP contribution is 2.66. The zero-order chi connectivity index (χ0) is 21.2. The van der Waals surface area contributed by atoms with Crippen molar-refractivity contribution in [3.8, 4) is 0 Å². The fourth-order valence-corrected chi connectivity index (χ4v) is 6.88. The summed E-state index contributed by atoms with van der Waals surface area (Å²) in [4.78, 5) is 25.1. The Morgan fingerprint density at radius 1 is 1.28 bits per heavy atom. The first-order valence-electron chi connectivity index (χ1n) is 9.95. The number of hydrogen-bond donors (Lipinski definition) is 0. The molecule has 0 N–H and O–H groups in total. The minimum absolute atomic E-state index is 0.0664. The van der Waals surface area contributed by atoms with E-state index in [0.717, 1.165) is 23.6 Å². The topological polar surface area (TPSA) is 90.0 Å². The Hall–Kier alpha value is -1.93. The number of nitrogens with zero attached hydrogens (tertiary/aromatic N) is 1. The summed E-state index contributed by atoms with van der Waals surface area (Å²) in [6.07, 6.45) is 2.81. The molecule has 0 spiro atoms. The molecular weight excluding hydrogens is 394 g/mol. The molecule has 0 unspecified atom stereocenters. The molecule has 2 aliphatic carbocycles. The van der Waals surface area contributed by atoms with Crippen molar-refractivity contribution in [3.63, 3.8) is 0 Å². The lowest BCUT2D eigenvalue weighted by Crippen LogP contribution is -2.38. The minimum Gasteiger partial charge on any atom is -0.458 e. The van der Waals surface area contributed by atoms with Gasteiger partial charge in [-0.3, -0.25) is 4.79 Å². The molecule has 8 heteroatoms. The van der Waals surface area contributed by atoms with Crippen molar-refractivity contribution >= 4 is 21.9 Å². The number of carbonyl (C=O) groups excluding carboxylic acids is 2. The van der Waals surface area contributed by atoms with Crippen LogP contribution in [0.2, 0.25) is 0 Å². The molecule has 4 rings (SSSR count). The second kappa shape index (κ2) is 6.54. The van der Waals surface area contributed by atoms with Crippen molar-refractivity contribution in [2.45, 2.75) is 51.0 Å². The van der Waals surface area contributed by atoms with E-state index in [-0.39, 0.29) is 46.1 Å². The Balaban J connectivity index is 1.58. The number of fused-ring (bicyclic) bond motifs is 3. The second-order valence-electron chi connectivity index (χ2n) is 9.09. The summed E-state index contributed by atoms with van der Waals surface area (Å²) in [5, 5.41) is 0. The first-order valence-corrected chi connectivity index (χ1v) is 11.4. The van der Waals surface area contributed by atoms with Crippen LogP contribution in [-0.2, 0) is 19.5 Å². The Kier molecular flexibility index (Phi) is 4.59. The molecule has 1 aromatic carbocycles. The van der Waals surface area contributed by atoms with E-state index in [1.165, 1.54) is 25.3 Å². The SMILES string of the molecule is COCCN1C(=O)c2ccc(C(=O)O[C@@H]3C[C@H]4CC[C@@]3(C)C4(C)C)cc2S1(=O)=O. The van der Waals surface area contributed by atoms with Gasteiger partial charge in [0.1, 0.15) is 11.0 Å². The number of sulfonamides is 1. The highest BCUT2D eigenvalue weighted by atomic mass is 32.2. The van der Waals surface area contributed by atoms with E-state index < -0.39 is 21.9 Å². The summed E-state index contributed by atoms with van der Waals surface area (Å²) >= 11 is 0. The average molecular weight is 422 g/mol. The molecule has 1 aliphatic heterocycles. The molecule has 3 atom stereocenters. The van der Waals surface area contributed by atoms with E-state index in [0.29, 0.717) is 5.92 Å². The van der Waals surface area contributed by atoms with Gasteiger partial charge in [-0.05, 0) is 48.8 Å². The summed E-state index contributed by atoms with van der Waals surface area (Å²) in [6, 6.07) is 4.12. The molecular formula is C21H27NO6S. The number of esters is 1. The lowest BCUT2D eigenvalue weighted by atomic mass is 9.70. The molecule has 1 amide bonds. The number of carbonyl (C=O) groups is 2. The van der Waals surface area contributed by atoms with E-state index >= 15 is 0 Å². The molecule has 1 heterocycles. The van der Waals surface area contributed by atoms with Crippen LogP contribution >= 0.6 is 0 Å². The van der Waals surface area contributed by atoms with E-state index in [1.54, 1.807) is 0 Å². The van der Waals surface area contributed by atoms with Gasteiger partial charge in [0.2, 0.25) is 0 Å². The standard InChI is InChI=1S/C21H27NO6S/c1-20(2)14-7-8-21(20,3)17(12-14)28-19(24)13-5-6-15-16(11-13)29(25,26)22(18(15)23)9-10-27-4/h5-6,11,14,17H,7-10,12H2,1-4H3/t14-,17-,21-/m1/s1. The summed E-state index contributed by atoms with van der Waals surface area (Å²) < 4.78 is 37.1. The Bertz CT molecular complexity index is 985. The number of benzene rings is 1. The highest BCUT2D eigenvalue weighted by molar-refractivity contribution is 7.90. The first kappa shape index (κ1) is 20.3. The normalized spacial score (nSPS) is 31.2. The molecule has 2 bridgehead atoms. The quantitative estimate of drug-likeness (QED) is 0.679. The fourth-order valence-electron chi connectivity index (χ4n) is 5.30. The third-order valence-electron chi connectivity index (χ3n) is 7.70. The average Bonchev–Trinajstić information content (AvgIpc) is 3.09. The van der Waals surface area contributed by atoms with Crippen molar-refractivity contribution in [2.24, 2.45) is 16.7 Å². The number of ether oxygens (including phenoxy) is 2. The smallest absolute Gasteiger partial charge is 0.338 e. The predicted octanol–water partition coefficient (Wildman–Crippen LogP) is 2.85. The van der Waals surface area contributed by atoms with Crippen molar-refractivity contribution in [2.75, 3.05) is 20.3 Å². The van der Waals surface area contributed by atoms with Crippen molar-refractivity contribution in [3.05, 3.63) is 29.3 Å². The lowest BCUT2D eigenvalue weighted by Gasteiger charge is -2.38. The molecule has 3 aliphatic rings. The maximum atomic E-state index is 12.8. The molecule has 29 heavy (non-hydrogen) atoms. The Morgan fingerprint density at radius 2 is 2.00 bits per heavy atom. The monoisotopic (exact) mass is 421 g/mol. The van der Waals surface area contributed by atoms with Gasteiger partial charge in [0.05, 0.1) is 24.3 Å². The Labute approximate surface area is 171 Å². The van der Waals surface area contributed by atoms with Crippen LogP contribution in [0, 0.1) is 16.7 Å². The van der Waals surface area contributed by atoms with Gasteiger partial charge in [0, 0.05) is 12.5 Å². The van der Waals surface area contributed by atoms with E-state index in [4.69, 9.17) is 9.47 Å². The van der Waals surface area contributed by atoms with Crippen molar-refractivity contribution < 1.29 is 27.5 Å². The molecule has 0 saturated heterocycles. The van der Waals surface area contributed by atoms with E-state index in [1.807, 2.05) is 0 Å². The molecule has 158 valence electrons. The fraction of sp³-hybridized carbons (Fsp3) is 0.619. The van der Waals surface area contributed by atoms with Gasteiger partial charge >= 0.3 is 5.97 Å². The number of rotatable bonds is 5. The van der Waals surface area contributed by atoms with Crippen LogP contribution < -0.4 is 0 Å². The number of methoxy groups -OCH3 is 1. The van der Waals surface area contributed by atoms with Gasteiger partial charge in [-0.1, -0.05) is 20.8 Å². The predicted molar refractivity (Wildman–Crippen MR) is 105 cm³/mol. The molecule has 7 nitrogen and oxygen atoms in total. The Morgan fingerprint density at radius 3 is 2.59 bits per heavy atom. The summed E-state index contributed by atoms with van der Waals surface area (Å²) in [6.45, 7) is 6.69. The van der Waals surface area contributed by atoms with Crippen LogP contribution in [0.15, 0.2) is 23.1 Å². The lowest BCUT2D eigenvalue weighted by molar-refractivity contribution is -0.0242. The molecule has 0 radical (unpaired) electrons. The molecule has 0 aromatic heterocycles. The summed E-state index contributed by atoms with van der Waals surface area (Å²) in [7, 11) is -2.56. The third-order valence-corrected chi connectivity index (χ3v) is 9.53. The van der Waals surface area contributed by atoms with Gasteiger partial charge in [0.25, 0.3) is 15.9 Å². The van der Waals surface area contributed by atoms with Gasteiger partial charge in [-0.15, -0.1) is 0 Å². The van der Waals surface area contributed by atoms with Crippen LogP contribution in [0.25, 0.3) is 0 Å². The van der Waals surface area contributed by atoms with Crippen molar-refractivity contribution in [1.29, 1.82) is 0 Å². The highest BCUT2D eigenvalue weighted by Gasteiger charge is 2.62. The number of hydrogen-bond acceptors (Lipinski definition) is 6. The zero-order valence-corrected chi connectivity index (χ0v) is 18.0. The zero-order valence-electron chi connectivity index (χ0n) is 17.2. The summed E-state index contributed by atoms with van der Waals surface area (Å²) in [5.41, 5.74) is 0.250. The van der Waals surface area contributed by atoms with Crippen LogP contribution in [-0.4, -0.2) is 51.0 Å². The van der Waals surface area contributed by atoms with Gasteiger partial charge < -0.3 is 9.47 Å². The van der Waals surface area contributed by atoms with Crippen LogP contribution in [0.1, 0.15) is 60.7 Å². The maximum Gasteiger partial charge on any atom is 0.338 e. The molecule has 1 aromatic rings. The van der Waals surface area contributed by atoms with E-state index in [2.05, 4.69) is 20.8 Å². The van der Waals surface area contributed by atoms with Gasteiger partial charge in [0.15, 0.2) is 0 Å². The van der Waals surface area contributed by atoms with Crippen LogP contribution in [0.3, 0.4) is 0 Å². The van der Waals surface area contributed by atoms with Crippen LogP contribution in [0.5, 0.6) is 0 Å². The van der Waals surface area contributed by atoms with Gasteiger partial charge in [-0.2, -0.15) is 0 Å². The van der Waals surface area contributed by atoms with Crippen molar-refractivity contribution in [1.82, 2.24) is 4.31 Å².